The summed E-state index contributed by atoms with van der Waals surface area (Å²) in [7, 11) is 0. The number of benzene rings is 2. The number of aromatic hydroxyl groups is 1. The molecule has 6 saturated carbocycles. The zero-order valence-electron chi connectivity index (χ0n) is 27.8. The van der Waals surface area contributed by atoms with Crippen LogP contribution in [0.2, 0.25) is 0 Å². The number of rotatable bonds is 9. The van der Waals surface area contributed by atoms with Gasteiger partial charge >= 0.3 is 0 Å². The molecule has 0 aromatic heterocycles. The summed E-state index contributed by atoms with van der Waals surface area (Å²) >= 11 is 0. The summed E-state index contributed by atoms with van der Waals surface area (Å²) in [5.74, 6) is 9.47. The minimum absolute atomic E-state index is 0.562. The predicted molar refractivity (Wildman–Crippen MR) is 184 cm³/mol. The van der Waals surface area contributed by atoms with E-state index in [9.17, 15) is 5.11 Å². The van der Waals surface area contributed by atoms with Crippen LogP contribution in [0.4, 0.5) is 0 Å². The van der Waals surface area contributed by atoms with Gasteiger partial charge in [0.05, 0.1) is 0 Å². The molecule has 0 radical (unpaired) electrons. The Balaban J connectivity index is 0.794. The van der Waals surface area contributed by atoms with E-state index >= 15 is 0 Å². The van der Waals surface area contributed by atoms with Crippen molar-refractivity contribution in [1.82, 2.24) is 0 Å². The van der Waals surface area contributed by atoms with Crippen LogP contribution in [0, 0.1) is 42.4 Å². The van der Waals surface area contributed by atoms with Crippen LogP contribution >= 0.6 is 0 Å². The van der Waals surface area contributed by atoms with E-state index in [1.165, 1.54) is 134 Å². The van der Waals surface area contributed by atoms with Gasteiger partial charge in [-0.1, -0.05) is 94.5 Å². The molecule has 8 atom stereocenters. The maximum absolute atomic E-state index is 10.7. The summed E-state index contributed by atoms with van der Waals surface area (Å²) in [5, 5.41) is 10.7. The lowest BCUT2D eigenvalue weighted by molar-refractivity contribution is 0.261. The quantitative estimate of drug-likeness (QED) is 0.287. The molecule has 2 aromatic rings. The number of phenolic OH excluding ortho intramolecular Hbond substituents is 1. The molecule has 44 heavy (non-hydrogen) atoms. The summed E-state index contributed by atoms with van der Waals surface area (Å²) in [6, 6.07) is 14.4. The molecule has 6 aliphatic rings. The van der Waals surface area contributed by atoms with E-state index in [4.69, 9.17) is 0 Å². The molecule has 8 rings (SSSR count). The minimum atomic E-state index is 0.562. The van der Waals surface area contributed by atoms with E-state index in [0.717, 1.165) is 53.3 Å². The highest BCUT2D eigenvalue weighted by atomic mass is 16.3. The van der Waals surface area contributed by atoms with Crippen molar-refractivity contribution < 1.29 is 5.11 Å². The van der Waals surface area contributed by atoms with Crippen LogP contribution in [-0.4, -0.2) is 5.11 Å². The number of phenols is 1. The number of hydrogen-bond acceptors (Lipinski definition) is 1. The molecular formula is C43H60O. The topological polar surface area (TPSA) is 20.2 Å². The van der Waals surface area contributed by atoms with Crippen molar-refractivity contribution in [2.75, 3.05) is 0 Å². The highest BCUT2D eigenvalue weighted by Gasteiger charge is 2.47. The molecule has 2 aromatic carbocycles. The second kappa shape index (κ2) is 12.8. The van der Waals surface area contributed by atoms with Gasteiger partial charge in [-0.2, -0.15) is 0 Å². The highest BCUT2D eigenvalue weighted by molar-refractivity contribution is 5.41. The van der Waals surface area contributed by atoms with Gasteiger partial charge in [0.2, 0.25) is 0 Å². The summed E-state index contributed by atoms with van der Waals surface area (Å²) < 4.78 is 0. The fourth-order valence-corrected chi connectivity index (χ4v) is 12.4. The third-order valence-electron chi connectivity index (χ3n) is 14.7. The largest absolute Gasteiger partial charge is 0.508 e. The van der Waals surface area contributed by atoms with Crippen molar-refractivity contribution in [1.29, 1.82) is 0 Å². The van der Waals surface area contributed by atoms with Crippen LogP contribution in [0.15, 0.2) is 36.4 Å². The van der Waals surface area contributed by atoms with E-state index in [1.54, 1.807) is 22.3 Å². The van der Waals surface area contributed by atoms with Gasteiger partial charge < -0.3 is 5.11 Å². The molecule has 0 saturated heterocycles. The molecule has 0 spiro atoms. The van der Waals surface area contributed by atoms with Crippen LogP contribution in [-0.2, 0) is 0 Å². The lowest BCUT2D eigenvalue weighted by Crippen LogP contribution is -2.18. The summed E-state index contributed by atoms with van der Waals surface area (Å²) in [6.07, 6.45) is 28.6. The van der Waals surface area contributed by atoms with Crippen LogP contribution in [0.3, 0.4) is 0 Å². The number of unbranched alkanes of at least 4 members (excludes halogenated alkanes) is 1. The Morgan fingerprint density at radius 1 is 0.545 bits per heavy atom. The van der Waals surface area contributed by atoms with Crippen molar-refractivity contribution in [3.05, 3.63) is 64.2 Å². The first-order valence-electron chi connectivity index (χ1n) is 19.5. The molecule has 238 valence electrons. The van der Waals surface area contributed by atoms with Gasteiger partial charge in [0, 0.05) is 0 Å². The summed E-state index contributed by atoms with van der Waals surface area (Å²) in [6.45, 7) is 2.36. The molecule has 1 N–H and O–H groups in total. The van der Waals surface area contributed by atoms with Crippen molar-refractivity contribution in [3.63, 3.8) is 0 Å². The second-order valence-electron chi connectivity index (χ2n) is 17.1. The van der Waals surface area contributed by atoms with E-state index < -0.39 is 0 Å². The van der Waals surface area contributed by atoms with Gasteiger partial charge in [-0.25, -0.2) is 0 Å². The van der Waals surface area contributed by atoms with E-state index in [1.807, 2.05) is 6.07 Å². The molecular weight excluding hydrogens is 532 g/mol. The average Bonchev–Trinajstić information content (AvgIpc) is 3.86. The van der Waals surface area contributed by atoms with Crippen molar-refractivity contribution >= 4 is 0 Å². The number of aryl methyl sites for hydroxylation is 1. The maximum atomic E-state index is 10.7. The van der Waals surface area contributed by atoms with Gasteiger partial charge in [-0.05, 0) is 164 Å². The Morgan fingerprint density at radius 3 is 1.57 bits per heavy atom. The zero-order valence-corrected chi connectivity index (χ0v) is 27.8. The highest BCUT2D eigenvalue weighted by Crippen LogP contribution is 2.59. The van der Waals surface area contributed by atoms with Crippen LogP contribution in [0.25, 0.3) is 0 Å². The first-order valence-corrected chi connectivity index (χ1v) is 19.5. The molecule has 4 bridgehead atoms. The van der Waals surface area contributed by atoms with Crippen molar-refractivity contribution in [3.8, 4) is 5.75 Å². The van der Waals surface area contributed by atoms with Crippen LogP contribution in [0.1, 0.15) is 180 Å². The molecule has 0 aliphatic heterocycles. The second-order valence-corrected chi connectivity index (χ2v) is 17.1. The molecule has 1 heteroatoms. The van der Waals surface area contributed by atoms with E-state index in [2.05, 4.69) is 37.3 Å². The Bertz CT molecular complexity index is 1180. The molecule has 6 fully saturated rings. The summed E-state index contributed by atoms with van der Waals surface area (Å²) in [4.78, 5) is 0. The van der Waals surface area contributed by atoms with Gasteiger partial charge in [-0.15, -0.1) is 0 Å². The Kier molecular flexibility index (Phi) is 8.62. The molecule has 6 aliphatic carbocycles. The Morgan fingerprint density at radius 2 is 1.05 bits per heavy atom. The van der Waals surface area contributed by atoms with Crippen molar-refractivity contribution in [2.24, 2.45) is 35.5 Å². The van der Waals surface area contributed by atoms with E-state index in [-0.39, 0.29) is 0 Å². The first kappa shape index (κ1) is 29.6. The lowest BCUT2D eigenvalue weighted by atomic mass is 9.74. The maximum Gasteiger partial charge on any atom is 0.119 e. The molecule has 8 unspecified atom stereocenters. The van der Waals surface area contributed by atoms with E-state index in [0.29, 0.717) is 11.7 Å². The molecule has 0 amide bonds. The van der Waals surface area contributed by atoms with Gasteiger partial charge in [-0.3, -0.25) is 0 Å². The van der Waals surface area contributed by atoms with Gasteiger partial charge in [0.15, 0.2) is 0 Å². The molecule has 0 heterocycles. The number of hydrogen-bond donors (Lipinski definition) is 1. The Hall–Kier alpha value is -1.76. The van der Waals surface area contributed by atoms with Crippen LogP contribution < -0.4 is 0 Å². The normalized spacial score (nSPS) is 35.6. The smallest absolute Gasteiger partial charge is 0.119 e. The van der Waals surface area contributed by atoms with Crippen molar-refractivity contribution in [2.45, 2.75) is 159 Å². The fraction of sp³-hybridized carbons (Fsp3) is 0.721. The SMILES string of the molecule is Cc1ccc(C2CC3CC2CC3CCCCC2CC3CC2CC3c2ccc(O)c(C3CCCCC3)c2)cc1C1CCCCC1. The monoisotopic (exact) mass is 592 g/mol. The summed E-state index contributed by atoms with van der Waals surface area (Å²) in [5.41, 5.74) is 7.79. The van der Waals surface area contributed by atoms with Crippen LogP contribution in [0.5, 0.6) is 5.75 Å². The fourth-order valence-electron chi connectivity index (χ4n) is 12.4. The Labute approximate surface area is 269 Å². The zero-order chi connectivity index (χ0) is 29.6. The lowest BCUT2D eigenvalue weighted by Gasteiger charge is -2.31. The third-order valence-corrected chi connectivity index (χ3v) is 14.7. The minimum Gasteiger partial charge on any atom is -0.508 e. The standard InChI is InChI=1S/C43H60O/c1-28-16-17-33(24-39(28)29-10-4-2-5-11-29)40-26-35-22-37(40)20-31(35)14-8-9-15-32-21-38-23-36(32)27-41(38)34-18-19-43(44)42(25-34)30-12-6-3-7-13-30/h16-19,24-25,29-32,35-38,40-41,44H,2-15,20-23,26-27H2,1H3. The molecule has 1 nitrogen and oxygen atoms in total. The van der Waals surface area contributed by atoms with Gasteiger partial charge in [0.1, 0.15) is 5.75 Å². The third kappa shape index (κ3) is 5.81. The predicted octanol–water partition coefficient (Wildman–Crippen LogP) is 12.3. The van der Waals surface area contributed by atoms with Gasteiger partial charge in [0.25, 0.3) is 0 Å². The average molecular weight is 593 g/mol. The number of fused-ring (bicyclic) bond motifs is 4. The first-order chi connectivity index (χ1) is 21.6.